The summed E-state index contributed by atoms with van der Waals surface area (Å²) in [5.74, 6) is -1.60. The van der Waals surface area contributed by atoms with Crippen LogP contribution in [0.15, 0.2) is 18.2 Å². The second kappa shape index (κ2) is 6.45. The minimum Gasteiger partial charge on any atom is -0.315 e. The van der Waals surface area contributed by atoms with Crippen LogP contribution in [-0.2, 0) is 0 Å². The van der Waals surface area contributed by atoms with E-state index in [9.17, 15) is 13.6 Å². The van der Waals surface area contributed by atoms with E-state index < -0.39 is 11.6 Å². The number of Topliss-reactive ketones (excluding diaryl/α,β-unsaturated/α-hetero) is 1. The van der Waals surface area contributed by atoms with E-state index in [0.29, 0.717) is 19.0 Å². The van der Waals surface area contributed by atoms with Gasteiger partial charge in [0.2, 0.25) is 0 Å². The number of ketones is 1. The first-order valence-corrected chi connectivity index (χ1v) is 5.72. The van der Waals surface area contributed by atoms with Gasteiger partial charge in [0.15, 0.2) is 5.78 Å². The van der Waals surface area contributed by atoms with Gasteiger partial charge in [-0.05, 0) is 31.2 Å². The predicted octanol–water partition coefficient (Wildman–Crippen LogP) is 2.93. The van der Waals surface area contributed by atoms with Crippen LogP contribution in [0.25, 0.3) is 0 Å². The van der Waals surface area contributed by atoms with Gasteiger partial charge in [-0.2, -0.15) is 0 Å². The molecule has 1 rings (SSSR count). The highest BCUT2D eigenvalue weighted by Crippen LogP contribution is 2.12. The molecule has 0 saturated carbocycles. The summed E-state index contributed by atoms with van der Waals surface area (Å²) >= 11 is 0. The van der Waals surface area contributed by atoms with Gasteiger partial charge in [0.1, 0.15) is 11.6 Å². The maximum absolute atomic E-state index is 13.3. The van der Waals surface area contributed by atoms with E-state index in [1.807, 2.05) is 13.8 Å². The highest BCUT2D eigenvalue weighted by Gasteiger charge is 2.12. The SMILES string of the molecule is CC(C)NCCCC(=O)c1cc(F)ccc1F. The van der Waals surface area contributed by atoms with Crippen molar-refractivity contribution in [3.63, 3.8) is 0 Å². The largest absolute Gasteiger partial charge is 0.315 e. The van der Waals surface area contributed by atoms with Gasteiger partial charge in [0.25, 0.3) is 0 Å². The summed E-state index contributed by atoms with van der Waals surface area (Å²) in [5, 5.41) is 3.16. The first-order chi connectivity index (χ1) is 8.00. The summed E-state index contributed by atoms with van der Waals surface area (Å²) < 4.78 is 26.1. The minimum absolute atomic E-state index is 0.158. The third-order valence-corrected chi connectivity index (χ3v) is 2.36. The Balaban J connectivity index is 2.49. The molecule has 0 atom stereocenters. The van der Waals surface area contributed by atoms with Crippen molar-refractivity contribution in [3.8, 4) is 0 Å². The highest BCUT2D eigenvalue weighted by molar-refractivity contribution is 5.96. The van der Waals surface area contributed by atoms with Gasteiger partial charge in [0, 0.05) is 12.5 Å². The van der Waals surface area contributed by atoms with E-state index in [1.165, 1.54) is 0 Å². The summed E-state index contributed by atoms with van der Waals surface area (Å²) in [6, 6.07) is 3.30. The molecule has 0 spiro atoms. The standard InChI is InChI=1S/C13H17F2NO/c1-9(2)16-7-3-4-13(17)11-8-10(14)5-6-12(11)15/h5-6,8-9,16H,3-4,7H2,1-2H3. The molecule has 0 aliphatic rings. The molecule has 0 bridgehead atoms. The van der Waals surface area contributed by atoms with Crippen molar-refractivity contribution in [1.82, 2.24) is 5.32 Å². The number of carbonyl (C=O) groups is 1. The molecule has 1 aromatic carbocycles. The zero-order valence-corrected chi connectivity index (χ0v) is 10.1. The third kappa shape index (κ3) is 4.61. The molecule has 2 nitrogen and oxygen atoms in total. The maximum Gasteiger partial charge on any atom is 0.165 e. The third-order valence-electron chi connectivity index (χ3n) is 2.36. The lowest BCUT2D eigenvalue weighted by molar-refractivity contribution is 0.0975. The van der Waals surface area contributed by atoms with E-state index in [0.717, 1.165) is 18.2 Å². The average Bonchev–Trinajstić information content (AvgIpc) is 2.27. The monoisotopic (exact) mass is 241 g/mol. The molecule has 4 heteroatoms. The number of benzene rings is 1. The van der Waals surface area contributed by atoms with Gasteiger partial charge in [-0.25, -0.2) is 8.78 Å². The molecule has 0 amide bonds. The van der Waals surface area contributed by atoms with Crippen molar-refractivity contribution in [3.05, 3.63) is 35.4 Å². The molecule has 0 radical (unpaired) electrons. The van der Waals surface area contributed by atoms with E-state index in [1.54, 1.807) is 0 Å². The number of hydrogen-bond acceptors (Lipinski definition) is 2. The molecule has 1 aromatic rings. The van der Waals surface area contributed by atoms with Crippen LogP contribution in [0.1, 0.15) is 37.0 Å². The molecule has 0 aliphatic heterocycles. The normalized spacial score (nSPS) is 10.9. The topological polar surface area (TPSA) is 29.1 Å². The number of halogens is 2. The zero-order chi connectivity index (χ0) is 12.8. The van der Waals surface area contributed by atoms with Gasteiger partial charge >= 0.3 is 0 Å². The molecule has 0 heterocycles. The molecular formula is C13H17F2NO. The van der Waals surface area contributed by atoms with Crippen molar-refractivity contribution in [2.75, 3.05) is 6.54 Å². The molecule has 0 unspecified atom stereocenters. The molecule has 0 aromatic heterocycles. The Hall–Kier alpha value is -1.29. The molecule has 0 aliphatic carbocycles. The predicted molar refractivity (Wildman–Crippen MR) is 63.1 cm³/mol. The average molecular weight is 241 g/mol. The summed E-state index contributed by atoms with van der Waals surface area (Å²) in [4.78, 5) is 11.6. The Morgan fingerprint density at radius 2 is 2.06 bits per heavy atom. The van der Waals surface area contributed by atoms with E-state index in [4.69, 9.17) is 0 Å². The zero-order valence-electron chi connectivity index (χ0n) is 10.1. The first-order valence-electron chi connectivity index (χ1n) is 5.72. The Morgan fingerprint density at radius 1 is 1.35 bits per heavy atom. The molecule has 1 N–H and O–H groups in total. The lowest BCUT2D eigenvalue weighted by Gasteiger charge is -2.07. The van der Waals surface area contributed by atoms with Crippen LogP contribution in [0.2, 0.25) is 0 Å². The van der Waals surface area contributed by atoms with Gasteiger partial charge < -0.3 is 5.32 Å². The van der Waals surface area contributed by atoms with Crippen LogP contribution in [0, 0.1) is 11.6 Å². The van der Waals surface area contributed by atoms with E-state index in [2.05, 4.69) is 5.32 Å². The van der Waals surface area contributed by atoms with Crippen molar-refractivity contribution < 1.29 is 13.6 Å². The van der Waals surface area contributed by atoms with Crippen molar-refractivity contribution in [2.24, 2.45) is 0 Å². The van der Waals surface area contributed by atoms with E-state index >= 15 is 0 Å². The van der Waals surface area contributed by atoms with Crippen LogP contribution in [0.3, 0.4) is 0 Å². The Labute approximate surface area is 100 Å². The maximum atomic E-state index is 13.3. The van der Waals surface area contributed by atoms with Crippen LogP contribution in [0.4, 0.5) is 8.78 Å². The van der Waals surface area contributed by atoms with Crippen LogP contribution >= 0.6 is 0 Å². The molecular weight excluding hydrogens is 224 g/mol. The van der Waals surface area contributed by atoms with Crippen LogP contribution in [-0.4, -0.2) is 18.4 Å². The first kappa shape index (κ1) is 13.8. The van der Waals surface area contributed by atoms with Crippen molar-refractivity contribution in [1.29, 1.82) is 0 Å². The van der Waals surface area contributed by atoms with Gasteiger partial charge in [0.05, 0.1) is 5.56 Å². The lowest BCUT2D eigenvalue weighted by Crippen LogP contribution is -2.24. The second-order valence-corrected chi connectivity index (χ2v) is 4.26. The molecule has 0 fully saturated rings. The van der Waals surface area contributed by atoms with Crippen LogP contribution < -0.4 is 5.32 Å². The number of rotatable bonds is 6. The summed E-state index contributed by atoms with van der Waals surface area (Å²) in [6.45, 7) is 4.71. The minimum atomic E-state index is -0.659. The highest BCUT2D eigenvalue weighted by atomic mass is 19.1. The second-order valence-electron chi connectivity index (χ2n) is 4.26. The number of carbonyl (C=O) groups excluding carboxylic acids is 1. The molecule has 0 saturated heterocycles. The smallest absolute Gasteiger partial charge is 0.165 e. The fourth-order valence-electron chi connectivity index (χ4n) is 1.49. The van der Waals surface area contributed by atoms with Crippen molar-refractivity contribution >= 4 is 5.78 Å². The fourth-order valence-corrected chi connectivity index (χ4v) is 1.49. The lowest BCUT2D eigenvalue weighted by atomic mass is 10.1. The molecule has 17 heavy (non-hydrogen) atoms. The Bertz CT molecular complexity index is 391. The Morgan fingerprint density at radius 3 is 2.71 bits per heavy atom. The van der Waals surface area contributed by atoms with E-state index in [-0.39, 0.29) is 17.8 Å². The van der Waals surface area contributed by atoms with Gasteiger partial charge in [-0.3, -0.25) is 4.79 Å². The Kier molecular flexibility index (Phi) is 5.22. The van der Waals surface area contributed by atoms with Crippen LogP contribution in [0.5, 0.6) is 0 Å². The number of nitrogens with one attached hydrogen (secondary N) is 1. The summed E-state index contributed by atoms with van der Waals surface area (Å²) in [7, 11) is 0. The summed E-state index contributed by atoms with van der Waals surface area (Å²) in [6.07, 6.45) is 0.840. The van der Waals surface area contributed by atoms with Gasteiger partial charge in [-0.1, -0.05) is 13.8 Å². The van der Waals surface area contributed by atoms with Crippen molar-refractivity contribution in [2.45, 2.75) is 32.7 Å². The number of hydrogen-bond donors (Lipinski definition) is 1. The fraction of sp³-hybridized carbons (Fsp3) is 0.462. The van der Waals surface area contributed by atoms with Gasteiger partial charge in [-0.15, -0.1) is 0 Å². The molecule has 94 valence electrons. The quantitative estimate of drug-likeness (QED) is 0.613. The summed E-state index contributed by atoms with van der Waals surface area (Å²) in [5.41, 5.74) is -0.158.